The Morgan fingerprint density at radius 3 is 2.59 bits per heavy atom. The summed E-state index contributed by atoms with van der Waals surface area (Å²) in [5, 5.41) is 3.74. The van der Waals surface area contributed by atoms with Crippen LogP contribution in [-0.4, -0.2) is 50.3 Å². The van der Waals surface area contributed by atoms with E-state index in [1.807, 2.05) is 0 Å². The minimum absolute atomic E-state index is 0.766. The van der Waals surface area contributed by atoms with Crippen LogP contribution in [0.5, 0.6) is 0 Å². The van der Waals surface area contributed by atoms with E-state index < -0.39 is 0 Å². The van der Waals surface area contributed by atoms with E-state index >= 15 is 0 Å². The average molecular weight is 240 g/mol. The van der Waals surface area contributed by atoms with Crippen molar-refractivity contribution in [3.05, 3.63) is 0 Å². The van der Waals surface area contributed by atoms with Crippen molar-refractivity contribution in [3.63, 3.8) is 0 Å². The summed E-state index contributed by atoms with van der Waals surface area (Å²) in [5.74, 6) is 1.82. The highest BCUT2D eigenvalue weighted by Crippen LogP contribution is 2.29. The van der Waals surface area contributed by atoms with E-state index in [0.29, 0.717) is 0 Å². The molecule has 1 aliphatic carbocycles. The largest absolute Gasteiger partial charge is 0.379 e. The van der Waals surface area contributed by atoms with Crippen molar-refractivity contribution in [3.8, 4) is 0 Å². The fourth-order valence-corrected chi connectivity index (χ4v) is 2.98. The minimum atomic E-state index is 0.766. The number of morpholine rings is 1. The third-order valence-electron chi connectivity index (χ3n) is 4.56. The zero-order valence-corrected chi connectivity index (χ0v) is 11.5. The molecule has 1 aliphatic heterocycles. The fraction of sp³-hybridized carbons (Fsp3) is 1.00. The molecule has 0 radical (unpaired) electrons. The molecule has 17 heavy (non-hydrogen) atoms. The molecule has 100 valence electrons. The molecule has 1 N–H and O–H groups in total. The molecule has 2 rings (SSSR count). The lowest BCUT2D eigenvalue weighted by molar-refractivity contribution is 0.0377. The number of hydrogen-bond acceptors (Lipinski definition) is 3. The number of ether oxygens (including phenoxy) is 1. The summed E-state index contributed by atoms with van der Waals surface area (Å²) in [6, 6.07) is 0.766. The van der Waals surface area contributed by atoms with Crippen molar-refractivity contribution < 1.29 is 4.74 Å². The van der Waals surface area contributed by atoms with Gasteiger partial charge in [-0.15, -0.1) is 0 Å². The van der Waals surface area contributed by atoms with Gasteiger partial charge in [0, 0.05) is 32.2 Å². The number of hydrogen-bond donors (Lipinski definition) is 1. The number of rotatable bonds is 4. The highest BCUT2D eigenvalue weighted by Gasteiger charge is 2.24. The Morgan fingerprint density at radius 1 is 1.12 bits per heavy atom. The molecule has 0 bridgehead atoms. The van der Waals surface area contributed by atoms with E-state index in [2.05, 4.69) is 24.1 Å². The third-order valence-corrected chi connectivity index (χ3v) is 4.56. The Morgan fingerprint density at radius 2 is 1.88 bits per heavy atom. The molecule has 1 heterocycles. The van der Waals surface area contributed by atoms with Gasteiger partial charge in [-0.05, 0) is 31.1 Å². The highest BCUT2D eigenvalue weighted by molar-refractivity contribution is 4.80. The molecule has 3 unspecified atom stereocenters. The zero-order valence-electron chi connectivity index (χ0n) is 11.5. The van der Waals surface area contributed by atoms with Crippen LogP contribution in [-0.2, 0) is 4.74 Å². The van der Waals surface area contributed by atoms with Gasteiger partial charge in [-0.25, -0.2) is 0 Å². The van der Waals surface area contributed by atoms with E-state index in [0.717, 1.165) is 50.7 Å². The second-order valence-electron chi connectivity index (χ2n) is 5.87. The summed E-state index contributed by atoms with van der Waals surface area (Å²) >= 11 is 0. The standard InChI is InChI=1S/C14H28N2O/c1-12-3-4-14(11-13(12)2)15-5-6-16-7-9-17-10-8-16/h12-15H,3-11H2,1-2H3. The maximum absolute atomic E-state index is 5.36. The Balaban J connectivity index is 1.58. The predicted molar refractivity (Wildman–Crippen MR) is 71.2 cm³/mol. The quantitative estimate of drug-likeness (QED) is 0.810. The number of nitrogens with zero attached hydrogens (tertiary/aromatic N) is 1. The molecule has 0 aromatic heterocycles. The summed E-state index contributed by atoms with van der Waals surface area (Å²) in [6.07, 6.45) is 4.13. The summed E-state index contributed by atoms with van der Waals surface area (Å²) in [6.45, 7) is 11.2. The lowest BCUT2D eigenvalue weighted by Gasteiger charge is -2.33. The summed E-state index contributed by atoms with van der Waals surface area (Å²) in [4.78, 5) is 2.51. The van der Waals surface area contributed by atoms with Crippen LogP contribution in [0.15, 0.2) is 0 Å². The second-order valence-corrected chi connectivity index (χ2v) is 5.87. The van der Waals surface area contributed by atoms with Crippen LogP contribution in [0.25, 0.3) is 0 Å². The Bertz CT molecular complexity index is 216. The average Bonchev–Trinajstić information content (AvgIpc) is 2.35. The van der Waals surface area contributed by atoms with Crippen molar-refractivity contribution in [2.45, 2.75) is 39.2 Å². The van der Waals surface area contributed by atoms with E-state index in [4.69, 9.17) is 4.74 Å². The van der Waals surface area contributed by atoms with E-state index in [9.17, 15) is 0 Å². The summed E-state index contributed by atoms with van der Waals surface area (Å²) in [5.41, 5.74) is 0. The van der Waals surface area contributed by atoms with E-state index in [1.165, 1.54) is 25.8 Å². The SMILES string of the molecule is CC1CCC(NCCN2CCOCC2)CC1C. The third kappa shape index (κ3) is 4.23. The number of nitrogens with one attached hydrogen (secondary N) is 1. The summed E-state index contributed by atoms with van der Waals surface area (Å²) in [7, 11) is 0. The molecule has 2 fully saturated rings. The van der Waals surface area contributed by atoms with Crippen LogP contribution in [0, 0.1) is 11.8 Å². The zero-order chi connectivity index (χ0) is 12.1. The second kappa shape index (κ2) is 6.72. The first-order chi connectivity index (χ1) is 8.25. The van der Waals surface area contributed by atoms with E-state index in [1.54, 1.807) is 0 Å². The first-order valence-electron chi connectivity index (χ1n) is 7.29. The Kier molecular flexibility index (Phi) is 5.26. The molecule has 0 spiro atoms. The molecule has 1 saturated carbocycles. The highest BCUT2D eigenvalue weighted by atomic mass is 16.5. The smallest absolute Gasteiger partial charge is 0.0594 e. The van der Waals surface area contributed by atoms with Gasteiger partial charge < -0.3 is 10.1 Å². The molecule has 3 atom stereocenters. The van der Waals surface area contributed by atoms with Crippen molar-refractivity contribution in [1.82, 2.24) is 10.2 Å². The predicted octanol–water partition coefficient (Wildman–Crippen LogP) is 1.73. The molecular weight excluding hydrogens is 212 g/mol. The van der Waals surface area contributed by atoms with Crippen molar-refractivity contribution in [2.75, 3.05) is 39.4 Å². The van der Waals surface area contributed by atoms with Gasteiger partial charge in [0.15, 0.2) is 0 Å². The lowest BCUT2D eigenvalue weighted by Crippen LogP contribution is -2.43. The minimum Gasteiger partial charge on any atom is -0.379 e. The normalized spacial score (nSPS) is 36.0. The van der Waals surface area contributed by atoms with Crippen LogP contribution < -0.4 is 5.32 Å². The van der Waals surface area contributed by atoms with Gasteiger partial charge >= 0.3 is 0 Å². The van der Waals surface area contributed by atoms with Crippen molar-refractivity contribution in [1.29, 1.82) is 0 Å². The Labute approximate surface area is 106 Å². The molecule has 3 heteroatoms. The molecule has 0 aromatic rings. The van der Waals surface area contributed by atoms with Gasteiger partial charge in [-0.3, -0.25) is 4.90 Å². The van der Waals surface area contributed by atoms with Gasteiger partial charge in [-0.1, -0.05) is 13.8 Å². The molecule has 0 aromatic carbocycles. The van der Waals surface area contributed by atoms with Gasteiger partial charge in [0.25, 0.3) is 0 Å². The van der Waals surface area contributed by atoms with Gasteiger partial charge in [0.2, 0.25) is 0 Å². The Hall–Kier alpha value is -0.120. The van der Waals surface area contributed by atoms with Crippen LogP contribution in [0.2, 0.25) is 0 Å². The first-order valence-corrected chi connectivity index (χ1v) is 7.29. The molecule has 3 nitrogen and oxygen atoms in total. The lowest BCUT2D eigenvalue weighted by atomic mass is 9.79. The van der Waals surface area contributed by atoms with Crippen LogP contribution in [0.3, 0.4) is 0 Å². The molecular formula is C14H28N2O. The van der Waals surface area contributed by atoms with Gasteiger partial charge in [0.05, 0.1) is 13.2 Å². The molecule has 0 amide bonds. The van der Waals surface area contributed by atoms with Crippen molar-refractivity contribution in [2.24, 2.45) is 11.8 Å². The molecule has 1 saturated heterocycles. The van der Waals surface area contributed by atoms with E-state index in [-0.39, 0.29) is 0 Å². The van der Waals surface area contributed by atoms with Gasteiger partial charge in [0.1, 0.15) is 0 Å². The first kappa shape index (κ1) is 13.3. The topological polar surface area (TPSA) is 24.5 Å². The maximum Gasteiger partial charge on any atom is 0.0594 e. The van der Waals surface area contributed by atoms with Gasteiger partial charge in [-0.2, -0.15) is 0 Å². The van der Waals surface area contributed by atoms with Crippen LogP contribution in [0.1, 0.15) is 33.1 Å². The van der Waals surface area contributed by atoms with Crippen LogP contribution in [0.4, 0.5) is 0 Å². The molecule has 2 aliphatic rings. The monoisotopic (exact) mass is 240 g/mol. The summed E-state index contributed by atoms with van der Waals surface area (Å²) < 4.78 is 5.36. The fourth-order valence-electron chi connectivity index (χ4n) is 2.98. The van der Waals surface area contributed by atoms with Crippen molar-refractivity contribution >= 4 is 0 Å². The maximum atomic E-state index is 5.36. The van der Waals surface area contributed by atoms with Crippen LogP contribution >= 0.6 is 0 Å².